The van der Waals surface area contributed by atoms with E-state index in [0.29, 0.717) is 5.56 Å². The fraction of sp³-hybridized carbons (Fsp3) is 0.429. The standard InChI is InChI=1S/C28H33N7O2/c1-19-7-5-8-20-17-24(28(36)29-25(19)20)26(27-30-31-32-35(27)21-9-3-4-10-21)34-15-13-33(14-16-34)22-11-6-12-23(18-22)37-2/h5-8,11-12,17-18,21,26H,3-4,9-10,13-16H2,1-2H3,(H,29,36)/t26-/m1/s1. The summed E-state index contributed by atoms with van der Waals surface area (Å²) in [6.07, 6.45) is 4.51. The maximum atomic E-state index is 13.6. The lowest BCUT2D eigenvalue weighted by Gasteiger charge is -2.40. The predicted octanol–water partition coefficient (Wildman–Crippen LogP) is 3.86. The van der Waals surface area contributed by atoms with Gasteiger partial charge in [-0.25, -0.2) is 4.68 Å². The lowest BCUT2D eigenvalue weighted by atomic mass is 10.0. The molecule has 4 aromatic rings. The number of H-pyrrole nitrogens is 1. The van der Waals surface area contributed by atoms with Crippen molar-refractivity contribution in [1.82, 2.24) is 30.1 Å². The summed E-state index contributed by atoms with van der Waals surface area (Å²) in [5, 5.41) is 14.1. The molecule has 37 heavy (non-hydrogen) atoms. The molecule has 0 bridgehead atoms. The number of piperazine rings is 1. The average molecular weight is 500 g/mol. The monoisotopic (exact) mass is 499 g/mol. The van der Waals surface area contributed by atoms with Crippen molar-refractivity contribution in [2.45, 2.75) is 44.7 Å². The number of benzene rings is 2. The Morgan fingerprint density at radius 2 is 1.81 bits per heavy atom. The number of fused-ring (bicyclic) bond motifs is 1. The van der Waals surface area contributed by atoms with Crippen LogP contribution in [0.2, 0.25) is 0 Å². The lowest BCUT2D eigenvalue weighted by molar-refractivity contribution is 0.197. The van der Waals surface area contributed by atoms with Crippen molar-refractivity contribution in [1.29, 1.82) is 0 Å². The third-order valence-corrected chi connectivity index (χ3v) is 7.94. The van der Waals surface area contributed by atoms with Gasteiger partial charge in [0.15, 0.2) is 5.82 Å². The van der Waals surface area contributed by atoms with Crippen LogP contribution in [0.25, 0.3) is 10.9 Å². The number of aryl methyl sites for hydroxylation is 1. The highest BCUT2D eigenvalue weighted by molar-refractivity contribution is 5.82. The molecule has 1 saturated heterocycles. The molecule has 0 amide bonds. The van der Waals surface area contributed by atoms with Gasteiger partial charge in [-0.2, -0.15) is 0 Å². The number of nitrogens with zero attached hydrogens (tertiary/aromatic N) is 6. The number of hydrogen-bond acceptors (Lipinski definition) is 7. The van der Waals surface area contributed by atoms with Gasteiger partial charge in [0.1, 0.15) is 11.8 Å². The van der Waals surface area contributed by atoms with Crippen LogP contribution >= 0.6 is 0 Å². The minimum absolute atomic E-state index is 0.0806. The highest BCUT2D eigenvalue weighted by atomic mass is 16.5. The maximum Gasteiger partial charge on any atom is 0.253 e. The Kier molecular flexibility index (Phi) is 6.38. The number of anilines is 1. The maximum absolute atomic E-state index is 13.6. The van der Waals surface area contributed by atoms with E-state index >= 15 is 0 Å². The second kappa shape index (κ2) is 9.97. The smallest absolute Gasteiger partial charge is 0.253 e. The second-order valence-corrected chi connectivity index (χ2v) is 10.1. The topological polar surface area (TPSA) is 92.2 Å². The van der Waals surface area contributed by atoms with E-state index in [1.165, 1.54) is 12.8 Å². The minimum atomic E-state index is -0.322. The lowest BCUT2D eigenvalue weighted by Crippen LogP contribution is -2.49. The molecule has 6 rings (SSSR count). The van der Waals surface area contributed by atoms with Gasteiger partial charge in [0.25, 0.3) is 5.56 Å². The average Bonchev–Trinajstić information content (AvgIpc) is 3.63. The first-order valence-electron chi connectivity index (χ1n) is 13.2. The Morgan fingerprint density at radius 1 is 1.03 bits per heavy atom. The number of nitrogens with one attached hydrogen (secondary N) is 1. The molecule has 2 aromatic carbocycles. The van der Waals surface area contributed by atoms with E-state index in [4.69, 9.17) is 4.74 Å². The summed E-state index contributed by atoms with van der Waals surface area (Å²) in [6.45, 7) is 5.25. The number of hydrogen-bond donors (Lipinski definition) is 1. The SMILES string of the molecule is COc1cccc(N2CCN([C@H](c3cc4cccc(C)c4[nH]c3=O)c3nnnn3C3CCCC3)CC2)c1. The van der Waals surface area contributed by atoms with E-state index in [1.54, 1.807) is 7.11 Å². The number of rotatable bonds is 6. The predicted molar refractivity (Wildman–Crippen MR) is 143 cm³/mol. The normalized spacial score (nSPS) is 17.9. The summed E-state index contributed by atoms with van der Waals surface area (Å²) in [5.74, 6) is 1.62. The van der Waals surface area contributed by atoms with E-state index in [2.05, 4.69) is 48.5 Å². The Hall–Kier alpha value is -3.72. The molecule has 1 saturated carbocycles. The molecule has 0 unspecified atom stereocenters. The summed E-state index contributed by atoms with van der Waals surface area (Å²) in [6, 6.07) is 16.3. The van der Waals surface area contributed by atoms with Crippen molar-refractivity contribution < 1.29 is 4.74 Å². The molecule has 192 valence electrons. The number of methoxy groups -OCH3 is 1. The summed E-state index contributed by atoms with van der Waals surface area (Å²) >= 11 is 0. The molecular weight excluding hydrogens is 466 g/mol. The molecule has 2 aromatic heterocycles. The van der Waals surface area contributed by atoms with Gasteiger partial charge < -0.3 is 14.6 Å². The highest BCUT2D eigenvalue weighted by Crippen LogP contribution is 2.34. The van der Waals surface area contributed by atoms with Crippen LogP contribution in [0, 0.1) is 6.92 Å². The number of aromatic amines is 1. The zero-order valence-electron chi connectivity index (χ0n) is 21.4. The van der Waals surface area contributed by atoms with Crippen molar-refractivity contribution in [3.8, 4) is 5.75 Å². The summed E-state index contributed by atoms with van der Waals surface area (Å²) in [7, 11) is 1.69. The molecule has 1 N–H and O–H groups in total. The second-order valence-electron chi connectivity index (χ2n) is 10.1. The first-order valence-corrected chi connectivity index (χ1v) is 13.2. The van der Waals surface area contributed by atoms with E-state index < -0.39 is 0 Å². The Labute approximate surface area is 216 Å². The first kappa shape index (κ1) is 23.7. The number of aromatic nitrogens is 5. The molecule has 2 aliphatic rings. The Bertz CT molecular complexity index is 1450. The van der Waals surface area contributed by atoms with E-state index in [1.807, 2.05) is 41.9 Å². The first-order chi connectivity index (χ1) is 18.1. The fourth-order valence-electron chi connectivity index (χ4n) is 5.94. The van der Waals surface area contributed by atoms with Crippen LogP contribution < -0.4 is 15.2 Å². The van der Waals surface area contributed by atoms with Gasteiger partial charge in [-0.3, -0.25) is 9.69 Å². The van der Waals surface area contributed by atoms with Crippen LogP contribution in [-0.2, 0) is 0 Å². The van der Waals surface area contributed by atoms with Gasteiger partial charge in [0, 0.05) is 43.5 Å². The Morgan fingerprint density at radius 3 is 2.59 bits per heavy atom. The van der Waals surface area contributed by atoms with Crippen molar-refractivity contribution >= 4 is 16.6 Å². The largest absolute Gasteiger partial charge is 0.497 e. The molecule has 9 heteroatoms. The molecule has 1 atom stereocenters. The molecule has 1 aliphatic heterocycles. The van der Waals surface area contributed by atoms with Gasteiger partial charge in [0.05, 0.1) is 18.7 Å². The van der Waals surface area contributed by atoms with E-state index in [0.717, 1.165) is 72.7 Å². The fourth-order valence-corrected chi connectivity index (χ4v) is 5.94. The van der Waals surface area contributed by atoms with Crippen LogP contribution in [-0.4, -0.2) is 63.4 Å². The zero-order valence-corrected chi connectivity index (χ0v) is 21.4. The van der Waals surface area contributed by atoms with Crippen molar-refractivity contribution in [3.63, 3.8) is 0 Å². The van der Waals surface area contributed by atoms with Gasteiger partial charge in [-0.05, 0) is 59.3 Å². The van der Waals surface area contributed by atoms with Crippen molar-refractivity contribution in [3.05, 3.63) is 75.8 Å². The zero-order chi connectivity index (χ0) is 25.4. The van der Waals surface area contributed by atoms with Crippen LogP contribution in [0.5, 0.6) is 5.75 Å². The van der Waals surface area contributed by atoms with Gasteiger partial charge in [-0.1, -0.05) is 37.1 Å². The van der Waals surface area contributed by atoms with Crippen LogP contribution in [0.1, 0.15) is 54.7 Å². The Balaban J connectivity index is 1.38. The van der Waals surface area contributed by atoms with Crippen LogP contribution in [0.15, 0.2) is 53.3 Å². The number of para-hydroxylation sites is 1. The molecule has 0 spiro atoms. The van der Waals surface area contributed by atoms with Gasteiger partial charge in [-0.15, -0.1) is 5.10 Å². The summed E-state index contributed by atoms with van der Waals surface area (Å²) in [5.41, 5.74) is 3.70. The van der Waals surface area contributed by atoms with Crippen molar-refractivity contribution in [2.24, 2.45) is 0 Å². The highest BCUT2D eigenvalue weighted by Gasteiger charge is 2.34. The molecule has 0 radical (unpaired) electrons. The third kappa shape index (κ3) is 4.48. The molecule has 2 fully saturated rings. The van der Waals surface area contributed by atoms with Gasteiger partial charge in [0.2, 0.25) is 0 Å². The molecular formula is C28H33N7O2. The van der Waals surface area contributed by atoms with Crippen molar-refractivity contribution in [2.75, 3.05) is 38.2 Å². The van der Waals surface area contributed by atoms with Crippen LogP contribution in [0.4, 0.5) is 5.69 Å². The molecule has 1 aliphatic carbocycles. The number of pyridine rings is 1. The number of tetrazole rings is 1. The third-order valence-electron chi connectivity index (χ3n) is 7.94. The van der Waals surface area contributed by atoms with Gasteiger partial charge >= 0.3 is 0 Å². The summed E-state index contributed by atoms with van der Waals surface area (Å²) in [4.78, 5) is 21.5. The van der Waals surface area contributed by atoms with E-state index in [-0.39, 0.29) is 17.6 Å². The quantitative estimate of drug-likeness (QED) is 0.431. The molecule has 3 heterocycles. The summed E-state index contributed by atoms with van der Waals surface area (Å²) < 4.78 is 7.42. The minimum Gasteiger partial charge on any atom is -0.497 e. The number of ether oxygens (including phenoxy) is 1. The van der Waals surface area contributed by atoms with Crippen LogP contribution in [0.3, 0.4) is 0 Å². The van der Waals surface area contributed by atoms with E-state index in [9.17, 15) is 4.79 Å². The molecule has 9 nitrogen and oxygen atoms in total.